The third-order valence-corrected chi connectivity index (χ3v) is 2.67. The number of imidazole rings is 1. The number of rotatable bonds is 3. The maximum atomic E-state index is 8.89. The van der Waals surface area contributed by atoms with Gasteiger partial charge in [-0.1, -0.05) is 0 Å². The van der Waals surface area contributed by atoms with Gasteiger partial charge >= 0.3 is 0 Å². The van der Waals surface area contributed by atoms with Crippen molar-refractivity contribution in [3.8, 4) is 11.8 Å². The van der Waals surface area contributed by atoms with E-state index in [9.17, 15) is 0 Å². The van der Waals surface area contributed by atoms with Gasteiger partial charge in [-0.15, -0.1) is 0 Å². The van der Waals surface area contributed by atoms with Gasteiger partial charge in [0.25, 0.3) is 0 Å². The summed E-state index contributed by atoms with van der Waals surface area (Å²) in [6.07, 6.45) is 5.09. The fourth-order valence-corrected chi connectivity index (χ4v) is 1.54. The van der Waals surface area contributed by atoms with Gasteiger partial charge in [0.05, 0.1) is 17.6 Å². The highest BCUT2D eigenvalue weighted by molar-refractivity contribution is 5.34. The molecule has 2 heterocycles. The lowest BCUT2D eigenvalue weighted by molar-refractivity contribution is 0.632. The van der Waals surface area contributed by atoms with Crippen molar-refractivity contribution < 1.29 is 0 Å². The molecule has 86 valence electrons. The highest BCUT2D eigenvalue weighted by Crippen LogP contribution is 2.13. The number of hydrogen-bond donors (Lipinski definition) is 1. The van der Waals surface area contributed by atoms with Crippen molar-refractivity contribution in [3.63, 3.8) is 0 Å². The van der Waals surface area contributed by atoms with Crippen molar-refractivity contribution in [2.45, 2.75) is 13.0 Å². The van der Waals surface area contributed by atoms with E-state index in [4.69, 9.17) is 5.26 Å². The Bertz CT molecular complexity index is 535. The SMILES string of the molecule is CNC(C)c1ccc(-n2ccnc2C#N)cn1. The molecule has 0 aromatic carbocycles. The van der Waals surface area contributed by atoms with Gasteiger partial charge in [0, 0.05) is 18.4 Å². The fraction of sp³-hybridized carbons (Fsp3) is 0.250. The summed E-state index contributed by atoms with van der Waals surface area (Å²) in [7, 11) is 1.89. The van der Waals surface area contributed by atoms with Crippen LogP contribution in [-0.4, -0.2) is 21.6 Å². The first-order valence-electron chi connectivity index (χ1n) is 5.33. The lowest BCUT2D eigenvalue weighted by atomic mass is 10.2. The monoisotopic (exact) mass is 227 g/mol. The molecule has 17 heavy (non-hydrogen) atoms. The molecule has 1 atom stereocenters. The van der Waals surface area contributed by atoms with E-state index in [0.717, 1.165) is 11.4 Å². The lowest BCUT2D eigenvalue weighted by Gasteiger charge is -2.10. The molecule has 0 aliphatic heterocycles. The number of pyridine rings is 1. The minimum atomic E-state index is 0.210. The predicted octanol–water partition coefficient (Wildman–Crippen LogP) is 1.42. The van der Waals surface area contributed by atoms with Crippen molar-refractivity contribution in [2.75, 3.05) is 7.05 Å². The maximum Gasteiger partial charge on any atom is 0.217 e. The molecule has 0 aliphatic rings. The van der Waals surface area contributed by atoms with E-state index < -0.39 is 0 Å². The van der Waals surface area contributed by atoms with Crippen LogP contribution in [0.5, 0.6) is 0 Å². The Balaban J connectivity index is 2.33. The van der Waals surface area contributed by atoms with Crippen molar-refractivity contribution in [1.29, 1.82) is 5.26 Å². The van der Waals surface area contributed by atoms with E-state index >= 15 is 0 Å². The summed E-state index contributed by atoms with van der Waals surface area (Å²) >= 11 is 0. The van der Waals surface area contributed by atoms with Crippen molar-refractivity contribution in [3.05, 3.63) is 42.2 Å². The Labute approximate surface area is 99.7 Å². The minimum absolute atomic E-state index is 0.210. The summed E-state index contributed by atoms with van der Waals surface area (Å²) in [5.74, 6) is 0.362. The maximum absolute atomic E-state index is 8.89. The van der Waals surface area contributed by atoms with E-state index in [2.05, 4.69) is 15.3 Å². The molecule has 0 radical (unpaired) electrons. The highest BCUT2D eigenvalue weighted by atomic mass is 15.1. The second-order valence-corrected chi connectivity index (χ2v) is 3.68. The van der Waals surface area contributed by atoms with E-state index in [1.54, 1.807) is 23.2 Å². The quantitative estimate of drug-likeness (QED) is 0.861. The molecule has 1 N–H and O–H groups in total. The third kappa shape index (κ3) is 2.17. The minimum Gasteiger partial charge on any atom is -0.312 e. The highest BCUT2D eigenvalue weighted by Gasteiger charge is 2.06. The Morgan fingerprint density at radius 1 is 1.41 bits per heavy atom. The average molecular weight is 227 g/mol. The molecular formula is C12H13N5. The molecule has 2 aromatic heterocycles. The molecule has 2 rings (SSSR count). The van der Waals surface area contributed by atoms with E-state index in [0.29, 0.717) is 5.82 Å². The Hall–Kier alpha value is -2.19. The Kier molecular flexibility index (Phi) is 3.17. The van der Waals surface area contributed by atoms with Crippen LogP contribution in [0.1, 0.15) is 24.5 Å². The number of nitrogens with one attached hydrogen (secondary N) is 1. The van der Waals surface area contributed by atoms with E-state index in [1.165, 1.54) is 0 Å². The number of nitrogens with zero attached hydrogens (tertiary/aromatic N) is 4. The van der Waals surface area contributed by atoms with Crippen LogP contribution in [0.4, 0.5) is 0 Å². The zero-order valence-corrected chi connectivity index (χ0v) is 9.75. The van der Waals surface area contributed by atoms with Crippen LogP contribution in [0.15, 0.2) is 30.7 Å². The second-order valence-electron chi connectivity index (χ2n) is 3.68. The lowest BCUT2D eigenvalue weighted by Crippen LogP contribution is -2.13. The van der Waals surface area contributed by atoms with Crippen LogP contribution >= 0.6 is 0 Å². The molecule has 0 fully saturated rings. The van der Waals surface area contributed by atoms with Crippen LogP contribution < -0.4 is 5.32 Å². The summed E-state index contributed by atoms with van der Waals surface area (Å²) in [6.45, 7) is 2.04. The zero-order valence-electron chi connectivity index (χ0n) is 9.75. The fourth-order valence-electron chi connectivity index (χ4n) is 1.54. The van der Waals surface area contributed by atoms with Crippen molar-refractivity contribution >= 4 is 0 Å². The molecular weight excluding hydrogens is 214 g/mol. The van der Waals surface area contributed by atoms with Gasteiger partial charge in [-0.3, -0.25) is 9.55 Å². The molecule has 0 saturated heterocycles. The first-order valence-corrected chi connectivity index (χ1v) is 5.33. The predicted molar refractivity (Wildman–Crippen MR) is 63.5 cm³/mol. The molecule has 1 unspecified atom stereocenters. The van der Waals surface area contributed by atoms with Gasteiger partial charge in [0.15, 0.2) is 0 Å². The van der Waals surface area contributed by atoms with Gasteiger partial charge in [-0.05, 0) is 26.1 Å². The van der Waals surface area contributed by atoms with Gasteiger partial charge in [-0.25, -0.2) is 4.98 Å². The summed E-state index contributed by atoms with van der Waals surface area (Å²) < 4.78 is 1.71. The van der Waals surface area contributed by atoms with Crippen LogP contribution in [0.3, 0.4) is 0 Å². The third-order valence-electron chi connectivity index (χ3n) is 2.67. The Morgan fingerprint density at radius 2 is 2.24 bits per heavy atom. The summed E-state index contributed by atoms with van der Waals surface area (Å²) in [4.78, 5) is 8.31. The van der Waals surface area contributed by atoms with Crippen LogP contribution in [0.2, 0.25) is 0 Å². The van der Waals surface area contributed by atoms with E-state index in [1.807, 2.05) is 32.2 Å². The molecule has 5 nitrogen and oxygen atoms in total. The topological polar surface area (TPSA) is 66.5 Å². The average Bonchev–Trinajstić information content (AvgIpc) is 2.86. The molecule has 5 heteroatoms. The molecule has 0 bridgehead atoms. The van der Waals surface area contributed by atoms with Gasteiger partial charge in [0.2, 0.25) is 5.82 Å². The molecule has 0 saturated carbocycles. The van der Waals surface area contributed by atoms with Crippen LogP contribution in [-0.2, 0) is 0 Å². The number of hydrogen-bond acceptors (Lipinski definition) is 4. The first kappa shape index (κ1) is 11.3. The van der Waals surface area contributed by atoms with Crippen molar-refractivity contribution in [2.24, 2.45) is 0 Å². The standard InChI is InChI=1S/C12H13N5/c1-9(14-2)11-4-3-10(8-16-11)17-6-5-15-12(17)7-13/h3-6,8-9,14H,1-2H3. The van der Waals surface area contributed by atoms with Crippen LogP contribution in [0.25, 0.3) is 5.69 Å². The van der Waals surface area contributed by atoms with Crippen LogP contribution in [0, 0.1) is 11.3 Å². The molecule has 0 spiro atoms. The number of aromatic nitrogens is 3. The first-order chi connectivity index (χ1) is 8.26. The van der Waals surface area contributed by atoms with Gasteiger partial charge in [-0.2, -0.15) is 5.26 Å². The smallest absolute Gasteiger partial charge is 0.217 e. The second kappa shape index (κ2) is 4.76. The number of nitriles is 1. The molecule has 0 aliphatic carbocycles. The normalized spacial score (nSPS) is 12.1. The van der Waals surface area contributed by atoms with Gasteiger partial charge < -0.3 is 5.32 Å². The van der Waals surface area contributed by atoms with Gasteiger partial charge in [0.1, 0.15) is 6.07 Å². The summed E-state index contributed by atoms with van der Waals surface area (Å²) in [5.41, 5.74) is 1.81. The summed E-state index contributed by atoms with van der Waals surface area (Å²) in [5, 5.41) is 12.0. The summed E-state index contributed by atoms with van der Waals surface area (Å²) in [6, 6.07) is 6.12. The molecule has 0 amide bonds. The molecule has 2 aromatic rings. The van der Waals surface area contributed by atoms with Crippen molar-refractivity contribution in [1.82, 2.24) is 19.9 Å². The van der Waals surface area contributed by atoms with E-state index in [-0.39, 0.29) is 6.04 Å². The zero-order chi connectivity index (χ0) is 12.3. The largest absolute Gasteiger partial charge is 0.312 e. The Morgan fingerprint density at radius 3 is 2.82 bits per heavy atom.